The number of rotatable bonds is 11. The highest BCUT2D eigenvalue weighted by Gasteiger charge is 2.13. The summed E-state index contributed by atoms with van der Waals surface area (Å²) < 4.78 is 11.2. The average molecular weight is 483 g/mol. The molecule has 1 heterocycles. The highest BCUT2D eigenvalue weighted by Crippen LogP contribution is 2.21. The van der Waals surface area contributed by atoms with E-state index in [1.165, 1.54) is 19.3 Å². The lowest BCUT2D eigenvalue weighted by molar-refractivity contribution is 0.0205. The lowest BCUT2D eigenvalue weighted by atomic mass is 9.90. The zero-order chi connectivity index (χ0) is 18.4. The third-order valence-corrected chi connectivity index (χ3v) is 4.40. The van der Waals surface area contributed by atoms with Crippen LogP contribution in [0.15, 0.2) is 4.99 Å². The van der Waals surface area contributed by atoms with Gasteiger partial charge in [0, 0.05) is 46.1 Å². The van der Waals surface area contributed by atoms with E-state index >= 15 is 0 Å². The molecule has 0 unspecified atom stereocenters. The van der Waals surface area contributed by atoms with Crippen LogP contribution in [0.2, 0.25) is 0 Å². The Morgan fingerprint density at radius 1 is 1.12 bits per heavy atom. The van der Waals surface area contributed by atoms with Crippen molar-refractivity contribution in [2.45, 2.75) is 66.2 Å². The highest BCUT2D eigenvalue weighted by atomic mass is 127. The summed E-state index contributed by atoms with van der Waals surface area (Å²) in [5.74, 6) is 1.62. The largest absolute Gasteiger partial charge is 0.381 e. The molecule has 26 heavy (non-hydrogen) atoms. The van der Waals surface area contributed by atoms with Gasteiger partial charge in [-0.1, -0.05) is 27.2 Å². The van der Waals surface area contributed by atoms with Crippen molar-refractivity contribution in [3.63, 3.8) is 0 Å². The molecular formula is C20H42IN3O2. The summed E-state index contributed by atoms with van der Waals surface area (Å²) in [6.07, 6.45) is 6.98. The fraction of sp³-hybridized carbons (Fsp3) is 0.950. The molecule has 1 aliphatic heterocycles. The molecule has 0 aromatic carbocycles. The summed E-state index contributed by atoms with van der Waals surface area (Å²) in [6, 6.07) is 0. The van der Waals surface area contributed by atoms with E-state index in [1.54, 1.807) is 0 Å². The molecule has 1 aliphatic rings. The van der Waals surface area contributed by atoms with E-state index in [9.17, 15) is 0 Å². The normalized spacial score (nSPS) is 16.2. The summed E-state index contributed by atoms with van der Waals surface area (Å²) in [6.45, 7) is 15.2. The van der Waals surface area contributed by atoms with E-state index in [0.717, 1.165) is 71.3 Å². The zero-order valence-electron chi connectivity index (χ0n) is 17.4. The third-order valence-electron chi connectivity index (χ3n) is 4.40. The molecule has 6 heteroatoms. The van der Waals surface area contributed by atoms with Gasteiger partial charge >= 0.3 is 0 Å². The quantitative estimate of drug-likeness (QED) is 0.200. The van der Waals surface area contributed by atoms with Gasteiger partial charge in [-0.05, 0) is 50.4 Å². The lowest BCUT2D eigenvalue weighted by Crippen LogP contribution is -2.38. The van der Waals surface area contributed by atoms with Gasteiger partial charge in [-0.25, -0.2) is 0 Å². The second-order valence-electron chi connectivity index (χ2n) is 8.19. The molecule has 0 amide bonds. The first-order valence-corrected chi connectivity index (χ1v) is 10.2. The number of hydrogen-bond donors (Lipinski definition) is 2. The topological polar surface area (TPSA) is 54.9 Å². The van der Waals surface area contributed by atoms with E-state index in [4.69, 9.17) is 9.47 Å². The molecule has 1 rings (SSSR count). The fourth-order valence-corrected chi connectivity index (χ4v) is 2.85. The van der Waals surface area contributed by atoms with Gasteiger partial charge < -0.3 is 20.1 Å². The number of hydrogen-bond acceptors (Lipinski definition) is 3. The van der Waals surface area contributed by atoms with Crippen molar-refractivity contribution in [3.05, 3.63) is 0 Å². The van der Waals surface area contributed by atoms with E-state index in [0.29, 0.717) is 11.3 Å². The molecule has 1 saturated heterocycles. The molecule has 0 spiro atoms. The molecule has 0 atom stereocenters. The van der Waals surface area contributed by atoms with Crippen LogP contribution in [0.4, 0.5) is 0 Å². The van der Waals surface area contributed by atoms with Crippen molar-refractivity contribution < 1.29 is 9.47 Å². The van der Waals surface area contributed by atoms with E-state index in [1.807, 2.05) is 0 Å². The van der Waals surface area contributed by atoms with Crippen molar-refractivity contribution in [1.29, 1.82) is 0 Å². The van der Waals surface area contributed by atoms with E-state index in [2.05, 4.69) is 43.3 Å². The minimum Gasteiger partial charge on any atom is -0.381 e. The number of guanidine groups is 1. The van der Waals surface area contributed by atoms with Crippen LogP contribution in [-0.2, 0) is 9.47 Å². The Morgan fingerprint density at radius 2 is 1.85 bits per heavy atom. The Bertz CT molecular complexity index is 353. The van der Waals surface area contributed by atoms with Crippen LogP contribution < -0.4 is 10.6 Å². The molecule has 0 aliphatic carbocycles. The molecule has 5 nitrogen and oxygen atoms in total. The van der Waals surface area contributed by atoms with Crippen molar-refractivity contribution in [2.75, 3.05) is 46.1 Å². The smallest absolute Gasteiger partial charge is 0.191 e. The first-order chi connectivity index (χ1) is 12.0. The third kappa shape index (κ3) is 15.0. The molecular weight excluding hydrogens is 441 g/mol. The predicted octanol–water partition coefficient (Wildman–Crippen LogP) is 4.21. The monoisotopic (exact) mass is 483 g/mol. The lowest BCUT2D eigenvalue weighted by Gasteiger charge is -2.21. The molecule has 0 aromatic rings. The second kappa shape index (κ2) is 15.9. The first kappa shape index (κ1) is 25.9. The summed E-state index contributed by atoms with van der Waals surface area (Å²) in [5, 5.41) is 6.75. The van der Waals surface area contributed by atoms with Gasteiger partial charge in [0.1, 0.15) is 0 Å². The van der Waals surface area contributed by atoms with Crippen LogP contribution in [0.3, 0.4) is 0 Å². The van der Waals surface area contributed by atoms with Gasteiger partial charge in [-0.3, -0.25) is 4.99 Å². The van der Waals surface area contributed by atoms with Crippen LogP contribution in [-0.4, -0.2) is 52.0 Å². The molecule has 0 bridgehead atoms. The van der Waals surface area contributed by atoms with Crippen molar-refractivity contribution >= 4 is 29.9 Å². The Morgan fingerprint density at radius 3 is 2.50 bits per heavy atom. The molecule has 0 radical (unpaired) electrons. The molecule has 0 aromatic heterocycles. The van der Waals surface area contributed by atoms with Crippen LogP contribution in [0.5, 0.6) is 0 Å². The van der Waals surface area contributed by atoms with Crippen LogP contribution in [0.25, 0.3) is 0 Å². The number of nitrogens with zero attached hydrogens (tertiary/aromatic N) is 1. The summed E-state index contributed by atoms with van der Waals surface area (Å²) in [7, 11) is 0. The number of nitrogens with one attached hydrogen (secondary N) is 2. The number of ether oxygens (including phenoxy) is 2. The van der Waals surface area contributed by atoms with Crippen LogP contribution >= 0.6 is 24.0 Å². The highest BCUT2D eigenvalue weighted by molar-refractivity contribution is 14.0. The van der Waals surface area contributed by atoms with Gasteiger partial charge in [-0.15, -0.1) is 24.0 Å². The fourth-order valence-electron chi connectivity index (χ4n) is 2.85. The van der Waals surface area contributed by atoms with Crippen molar-refractivity contribution in [2.24, 2.45) is 16.3 Å². The van der Waals surface area contributed by atoms with Gasteiger partial charge in [0.25, 0.3) is 0 Å². The SMILES string of the molecule is CCNC(=NCCCOCC1CCOCC1)NCCCCC(C)(C)C.I. The van der Waals surface area contributed by atoms with Gasteiger partial charge in [0.2, 0.25) is 0 Å². The van der Waals surface area contributed by atoms with E-state index < -0.39 is 0 Å². The Hall–Kier alpha value is -0.0800. The molecule has 0 saturated carbocycles. The minimum absolute atomic E-state index is 0. The molecule has 2 N–H and O–H groups in total. The Labute approximate surface area is 178 Å². The Kier molecular flexibility index (Phi) is 15.9. The maximum atomic E-state index is 5.79. The van der Waals surface area contributed by atoms with Crippen molar-refractivity contribution in [3.8, 4) is 0 Å². The summed E-state index contributed by atoms with van der Waals surface area (Å²) in [5.41, 5.74) is 0.434. The van der Waals surface area contributed by atoms with Crippen molar-refractivity contribution in [1.82, 2.24) is 10.6 Å². The maximum Gasteiger partial charge on any atom is 0.191 e. The van der Waals surface area contributed by atoms with Gasteiger partial charge in [0.15, 0.2) is 5.96 Å². The maximum absolute atomic E-state index is 5.79. The number of halogens is 1. The minimum atomic E-state index is 0. The van der Waals surface area contributed by atoms with Crippen LogP contribution in [0, 0.1) is 11.3 Å². The molecule has 156 valence electrons. The van der Waals surface area contributed by atoms with E-state index in [-0.39, 0.29) is 24.0 Å². The Balaban J connectivity index is 0.00000625. The standard InChI is InChI=1S/C20H41N3O2.HI/c1-5-21-19(22-12-7-6-11-20(2,3)4)23-13-8-14-25-17-18-9-15-24-16-10-18;/h18H,5-17H2,1-4H3,(H2,21,22,23);1H. The van der Waals surface area contributed by atoms with Gasteiger partial charge in [0.05, 0.1) is 0 Å². The first-order valence-electron chi connectivity index (χ1n) is 10.2. The van der Waals surface area contributed by atoms with Gasteiger partial charge in [-0.2, -0.15) is 0 Å². The predicted molar refractivity (Wildman–Crippen MR) is 122 cm³/mol. The summed E-state index contributed by atoms with van der Waals surface area (Å²) in [4.78, 5) is 4.64. The number of aliphatic imine (C=N–C) groups is 1. The van der Waals surface area contributed by atoms with Crippen LogP contribution in [0.1, 0.15) is 66.2 Å². The number of unbranched alkanes of at least 4 members (excludes halogenated alkanes) is 1. The molecule has 1 fully saturated rings. The zero-order valence-corrected chi connectivity index (χ0v) is 19.8. The summed E-state index contributed by atoms with van der Waals surface area (Å²) >= 11 is 0. The average Bonchev–Trinajstić information content (AvgIpc) is 2.57. The second-order valence-corrected chi connectivity index (χ2v) is 8.19.